The molecule has 0 spiro atoms. The first-order valence-electron chi connectivity index (χ1n) is 6.63. The number of unbranched alkanes of at least 4 members (excludes halogenated alkanes) is 1. The highest BCUT2D eigenvalue weighted by molar-refractivity contribution is 5.98. The number of hydrogen-bond acceptors (Lipinski definition) is 2. The normalized spacial score (nSPS) is 18.9. The molecule has 0 amide bonds. The Kier molecular flexibility index (Phi) is 4.19. The lowest BCUT2D eigenvalue weighted by atomic mass is 9.98. The van der Waals surface area contributed by atoms with E-state index in [1.807, 2.05) is 18.2 Å². The summed E-state index contributed by atoms with van der Waals surface area (Å²) in [4.78, 5) is 12.0. The van der Waals surface area contributed by atoms with E-state index in [1.165, 1.54) is 0 Å². The Morgan fingerprint density at radius 1 is 1.33 bits per heavy atom. The van der Waals surface area contributed by atoms with Crippen LogP contribution < -0.4 is 4.74 Å². The van der Waals surface area contributed by atoms with Crippen molar-refractivity contribution in [3.63, 3.8) is 0 Å². The summed E-state index contributed by atoms with van der Waals surface area (Å²) in [6.07, 6.45) is 5.87. The van der Waals surface area contributed by atoms with Crippen molar-refractivity contribution in [2.45, 2.75) is 38.5 Å². The van der Waals surface area contributed by atoms with Crippen LogP contribution in [0.25, 0.3) is 0 Å². The van der Waals surface area contributed by atoms with Crippen molar-refractivity contribution >= 4 is 5.78 Å². The molecule has 1 unspecified atom stereocenters. The molecule has 1 aromatic carbocycles. The van der Waals surface area contributed by atoms with E-state index in [9.17, 15) is 4.79 Å². The lowest BCUT2D eigenvalue weighted by Gasteiger charge is -2.11. The van der Waals surface area contributed by atoms with Crippen molar-refractivity contribution in [2.24, 2.45) is 0 Å². The number of rotatable bonds is 5. The number of allylic oxidation sites excluding steroid dienone is 2. The minimum absolute atomic E-state index is 0.195. The molecular weight excluding hydrogens is 224 g/mol. The summed E-state index contributed by atoms with van der Waals surface area (Å²) in [7, 11) is 1.68. The number of ether oxygens (including phenoxy) is 1. The molecule has 0 N–H and O–H groups in total. The zero-order valence-corrected chi connectivity index (χ0v) is 11.1. The number of carbonyl (C=O) groups excluding carboxylic acids is 1. The van der Waals surface area contributed by atoms with Crippen LogP contribution in [0.3, 0.4) is 0 Å². The molecule has 0 saturated carbocycles. The van der Waals surface area contributed by atoms with Crippen LogP contribution in [0.5, 0.6) is 5.75 Å². The third-order valence-electron chi connectivity index (χ3n) is 3.50. The predicted octanol–water partition coefficient (Wildman–Crippen LogP) is 3.87. The summed E-state index contributed by atoms with van der Waals surface area (Å²) >= 11 is 0. The van der Waals surface area contributed by atoms with Crippen molar-refractivity contribution in [1.29, 1.82) is 0 Å². The Morgan fingerprint density at radius 2 is 2.11 bits per heavy atom. The summed E-state index contributed by atoms with van der Waals surface area (Å²) in [6.45, 7) is 2.15. The third-order valence-corrected chi connectivity index (χ3v) is 3.50. The van der Waals surface area contributed by atoms with E-state index < -0.39 is 0 Å². The van der Waals surface area contributed by atoms with Gasteiger partial charge >= 0.3 is 0 Å². The Hall–Kier alpha value is -1.57. The van der Waals surface area contributed by atoms with E-state index in [-0.39, 0.29) is 5.92 Å². The molecule has 96 valence electrons. The fourth-order valence-electron chi connectivity index (χ4n) is 2.49. The van der Waals surface area contributed by atoms with Gasteiger partial charge in [-0.1, -0.05) is 37.6 Å². The number of ketones is 1. The average molecular weight is 244 g/mol. The van der Waals surface area contributed by atoms with Gasteiger partial charge in [0.2, 0.25) is 0 Å². The quantitative estimate of drug-likeness (QED) is 0.786. The maximum Gasteiger partial charge on any atom is 0.159 e. The molecule has 1 aliphatic carbocycles. The van der Waals surface area contributed by atoms with Crippen LogP contribution in [-0.4, -0.2) is 12.9 Å². The molecule has 2 nitrogen and oxygen atoms in total. The third kappa shape index (κ3) is 2.63. The van der Waals surface area contributed by atoms with Gasteiger partial charge in [-0.05, 0) is 24.5 Å². The van der Waals surface area contributed by atoms with Crippen LogP contribution in [0, 0.1) is 0 Å². The van der Waals surface area contributed by atoms with Crippen molar-refractivity contribution < 1.29 is 9.53 Å². The number of para-hydroxylation sites is 1. The Morgan fingerprint density at radius 3 is 2.83 bits per heavy atom. The fraction of sp³-hybridized carbons (Fsp3) is 0.438. The van der Waals surface area contributed by atoms with E-state index >= 15 is 0 Å². The first-order valence-corrected chi connectivity index (χ1v) is 6.63. The van der Waals surface area contributed by atoms with Crippen LogP contribution in [0.4, 0.5) is 0 Å². The summed E-state index contributed by atoms with van der Waals surface area (Å²) < 4.78 is 5.37. The van der Waals surface area contributed by atoms with Gasteiger partial charge in [0.25, 0.3) is 0 Å². The fourth-order valence-corrected chi connectivity index (χ4v) is 2.49. The van der Waals surface area contributed by atoms with E-state index in [0.29, 0.717) is 12.2 Å². The number of benzene rings is 1. The lowest BCUT2D eigenvalue weighted by Crippen LogP contribution is -2.00. The zero-order valence-electron chi connectivity index (χ0n) is 11.1. The monoisotopic (exact) mass is 244 g/mol. The highest BCUT2D eigenvalue weighted by Gasteiger charge is 2.26. The minimum Gasteiger partial charge on any atom is -0.496 e. The summed E-state index contributed by atoms with van der Waals surface area (Å²) in [5.41, 5.74) is 2.13. The first kappa shape index (κ1) is 12.9. The van der Waals surface area contributed by atoms with E-state index in [4.69, 9.17) is 4.74 Å². The van der Waals surface area contributed by atoms with Crippen molar-refractivity contribution in [2.75, 3.05) is 7.11 Å². The molecular formula is C16H20O2. The van der Waals surface area contributed by atoms with Gasteiger partial charge in [0, 0.05) is 17.9 Å². The second-order valence-electron chi connectivity index (χ2n) is 4.77. The average Bonchev–Trinajstić information content (AvgIpc) is 2.77. The number of methoxy groups -OCH3 is 1. The zero-order chi connectivity index (χ0) is 13.0. The van der Waals surface area contributed by atoms with Crippen molar-refractivity contribution in [3.8, 4) is 5.75 Å². The molecule has 0 aliphatic heterocycles. The summed E-state index contributed by atoms with van der Waals surface area (Å²) in [6, 6.07) is 7.97. The van der Waals surface area contributed by atoms with Crippen LogP contribution in [0.2, 0.25) is 0 Å². The van der Waals surface area contributed by atoms with E-state index in [0.717, 1.165) is 36.1 Å². The number of Topliss-reactive ketones (excluding diaryl/α,β-unsaturated/α-hetero) is 1. The minimum atomic E-state index is 0.195. The van der Waals surface area contributed by atoms with Gasteiger partial charge in [0.15, 0.2) is 5.78 Å². The van der Waals surface area contributed by atoms with Gasteiger partial charge in [0.1, 0.15) is 5.75 Å². The maximum atomic E-state index is 12.0. The second kappa shape index (κ2) is 5.85. The topological polar surface area (TPSA) is 26.3 Å². The second-order valence-corrected chi connectivity index (χ2v) is 4.77. The van der Waals surface area contributed by atoms with E-state index in [2.05, 4.69) is 19.1 Å². The molecule has 0 bridgehead atoms. The van der Waals surface area contributed by atoms with Crippen LogP contribution >= 0.6 is 0 Å². The number of hydrogen-bond donors (Lipinski definition) is 0. The Bertz CT molecular complexity index is 460. The van der Waals surface area contributed by atoms with E-state index in [1.54, 1.807) is 7.11 Å². The first-order chi connectivity index (χ1) is 8.76. The van der Waals surface area contributed by atoms with Gasteiger partial charge in [-0.15, -0.1) is 0 Å². The molecule has 1 aliphatic rings. The van der Waals surface area contributed by atoms with Crippen molar-refractivity contribution in [1.82, 2.24) is 0 Å². The predicted molar refractivity (Wildman–Crippen MR) is 73.0 cm³/mol. The molecule has 1 aromatic rings. The maximum absolute atomic E-state index is 12.0. The molecule has 2 rings (SSSR count). The Balaban J connectivity index is 2.20. The van der Waals surface area contributed by atoms with Crippen LogP contribution in [0.1, 0.15) is 44.1 Å². The summed E-state index contributed by atoms with van der Waals surface area (Å²) in [5, 5.41) is 0. The van der Waals surface area contributed by atoms with Gasteiger partial charge in [-0.2, -0.15) is 0 Å². The SMILES string of the molecule is CCCCC1=CC(c2ccccc2OC)CC1=O. The van der Waals surface area contributed by atoms with Crippen LogP contribution in [0.15, 0.2) is 35.9 Å². The molecule has 2 heteroatoms. The molecule has 0 fully saturated rings. The number of carbonyl (C=O) groups is 1. The lowest BCUT2D eigenvalue weighted by molar-refractivity contribution is -0.115. The van der Waals surface area contributed by atoms with Gasteiger partial charge in [-0.25, -0.2) is 0 Å². The molecule has 0 heterocycles. The molecule has 18 heavy (non-hydrogen) atoms. The molecule has 1 atom stereocenters. The van der Waals surface area contributed by atoms with Gasteiger partial charge < -0.3 is 4.74 Å². The van der Waals surface area contributed by atoms with Gasteiger partial charge in [0.05, 0.1) is 7.11 Å². The van der Waals surface area contributed by atoms with Gasteiger partial charge in [-0.3, -0.25) is 4.79 Å². The van der Waals surface area contributed by atoms with Crippen LogP contribution in [-0.2, 0) is 4.79 Å². The Labute approximate surface area is 109 Å². The standard InChI is InChI=1S/C16H20O2/c1-3-4-7-12-10-13(11-15(12)17)14-8-5-6-9-16(14)18-2/h5-6,8-10,13H,3-4,7,11H2,1-2H3. The highest BCUT2D eigenvalue weighted by atomic mass is 16.5. The molecule has 0 saturated heterocycles. The van der Waals surface area contributed by atoms with Crippen molar-refractivity contribution in [3.05, 3.63) is 41.5 Å². The smallest absolute Gasteiger partial charge is 0.159 e. The molecule has 0 radical (unpaired) electrons. The largest absolute Gasteiger partial charge is 0.496 e. The highest BCUT2D eigenvalue weighted by Crippen LogP contribution is 2.36. The summed E-state index contributed by atoms with van der Waals surface area (Å²) in [5.74, 6) is 1.38. The molecule has 0 aromatic heterocycles.